The monoisotopic (exact) mass is 280 g/mol. The van der Waals surface area contributed by atoms with Crippen molar-refractivity contribution in [1.82, 2.24) is 9.78 Å². The molecule has 0 fully saturated rings. The molecule has 3 rings (SSSR count). The summed E-state index contributed by atoms with van der Waals surface area (Å²) < 4.78 is 6.98. The van der Waals surface area contributed by atoms with Gasteiger partial charge in [-0.25, -0.2) is 4.99 Å². The Hall–Kier alpha value is -2.94. The molecule has 0 bridgehead atoms. The predicted octanol–water partition coefficient (Wildman–Crippen LogP) is 1.54. The number of hydrogen-bond acceptors (Lipinski definition) is 5. The fourth-order valence-corrected chi connectivity index (χ4v) is 2.15. The van der Waals surface area contributed by atoms with E-state index in [9.17, 15) is 4.79 Å². The van der Waals surface area contributed by atoms with Crippen molar-refractivity contribution in [3.05, 3.63) is 58.0 Å². The van der Waals surface area contributed by atoms with E-state index in [-0.39, 0.29) is 5.56 Å². The minimum atomic E-state index is -0.812. The zero-order valence-corrected chi connectivity index (χ0v) is 11.6. The van der Waals surface area contributed by atoms with Crippen LogP contribution in [0.2, 0.25) is 0 Å². The largest absolute Gasteiger partial charge is 0.466 e. The Bertz CT molecular complexity index is 843. The van der Waals surface area contributed by atoms with Crippen molar-refractivity contribution in [2.24, 2.45) is 4.99 Å². The molecular weight excluding hydrogens is 268 g/mol. The molecular formula is C15H12N4O2. The number of aromatic nitrogens is 2. The summed E-state index contributed by atoms with van der Waals surface area (Å²) in [6, 6.07) is 10.1. The lowest BCUT2D eigenvalue weighted by Gasteiger charge is -2.29. The van der Waals surface area contributed by atoms with Crippen LogP contribution < -0.4 is 10.3 Å². The minimum Gasteiger partial charge on any atom is -0.466 e. The summed E-state index contributed by atoms with van der Waals surface area (Å²) >= 11 is 0. The summed E-state index contributed by atoms with van der Waals surface area (Å²) in [5.74, 6) is 0.950. The van der Waals surface area contributed by atoms with Gasteiger partial charge in [-0.3, -0.25) is 4.79 Å². The second kappa shape index (κ2) is 4.56. The van der Waals surface area contributed by atoms with Crippen LogP contribution in [0.25, 0.3) is 0 Å². The number of rotatable bonds is 0. The first-order valence-electron chi connectivity index (χ1n) is 6.38. The maximum atomic E-state index is 12.0. The summed E-state index contributed by atoms with van der Waals surface area (Å²) in [6.45, 7) is 3.59. The van der Waals surface area contributed by atoms with Crippen LogP contribution in [0.4, 0.5) is 0 Å². The Labute approximate surface area is 120 Å². The molecule has 104 valence electrons. The van der Waals surface area contributed by atoms with Gasteiger partial charge in [0.05, 0.1) is 17.2 Å². The van der Waals surface area contributed by atoms with E-state index in [1.807, 2.05) is 0 Å². The Morgan fingerprint density at radius 3 is 2.86 bits per heavy atom. The molecule has 1 aliphatic heterocycles. The predicted molar refractivity (Wildman–Crippen MR) is 76.3 cm³/mol. The molecule has 6 heteroatoms. The number of benzene rings is 1. The van der Waals surface area contributed by atoms with E-state index in [0.717, 1.165) is 0 Å². The minimum absolute atomic E-state index is 0.290. The average molecular weight is 280 g/mol. The molecule has 0 spiro atoms. The molecule has 0 radical (unpaired) electrons. The molecule has 0 N–H and O–H groups in total. The third kappa shape index (κ3) is 2.30. The van der Waals surface area contributed by atoms with Crippen molar-refractivity contribution in [3.63, 3.8) is 0 Å². The number of aliphatic imine (C=N–C) groups is 1. The maximum Gasteiger partial charge on any atom is 0.272 e. The Morgan fingerprint density at radius 2 is 2.14 bits per heavy atom. The number of ether oxygens (including phenoxy) is 1. The molecule has 0 atom stereocenters. The summed E-state index contributed by atoms with van der Waals surface area (Å²) in [7, 11) is 0. The topological polar surface area (TPSA) is 80.3 Å². The van der Waals surface area contributed by atoms with Gasteiger partial charge in [0.25, 0.3) is 5.56 Å². The second-order valence-corrected chi connectivity index (χ2v) is 5.08. The zero-order valence-electron chi connectivity index (χ0n) is 11.6. The summed E-state index contributed by atoms with van der Waals surface area (Å²) in [6.07, 6.45) is 1.51. The van der Waals surface area contributed by atoms with Gasteiger partial charge in [0.1, 0.15) is 5.75 Å². The van der Waals surface area contributed by atoms with Crippen LogP contribution in [-0.2, 0) is 0 Å². The third-order valence-corrected chi connectivity index (χ3v) is 3.00. The number of nitrogens with zero attached hydrogens (tertiary/aromatic N) is 4. The molecule has 21 heavy (non-hydrogen) atoms. The van der Waals surface area contributed by atoms with Crippen LogP contribution in [-0.4, -0.2) is 21.3 Å². The van der Waals surface area contributed by atoms with Crippen LogP contribution >= 0.6 is 0 Å². The van der Waals surface area contributed by atoms with Crippen LogP contribution in [0.5, 0.6) is 5.75 Å². The van der Waals surface area contributed by atoms with Crippen LogP contribution in [0.3, 0.4) is 0 Å². The van der Waals surface area contributed by atoms with Crippen molar-refractivity contribution in [2.45, 2.75) is 19.6 Å². The van der Waals surface area contributed by atoms with Crippen molar-refractivity contribution >= 4 is 5.84 Å². The van der Waals surface area contributed by atoms with E-state index in [2.05, 4.69) is 16.2 Å². The van der Waals surface area contributed by atoms with Gasteiger partial charge in [0, 0.05) is 12.3 Å². The molecule has 1 aromatic carbocycles. The lowest BCUT2D eigenvalue weighted by molar-refractivity contribution is 0.114. The molecule has 1 aliphatic rings. The summed E-state index contributed by atoms with van der Waals surface area (Å²) in [5.41, 5.74) is -0.0573. The lowest BCUT2D eigenvalue weighted by atomic mass is 10.1. The van der Waals surface area contributed by atoms with Gasteiger partial charge in [-0.15, -0.1) is 0 Å². The van der Waals surface area contributed by atoms with Gasteiger partial charge >= 0.3 is 0 Å². The summed E-state index contributed by atoms with van der Waals surface area (Å²) in [4.78, 5) is 16.5. The van der Waals surface area contributed by atoms with E-state index in [0.29, 0.717) is 22.7 Å². The molecule has 6 nitrogen and oxygen atoms in total. The Balaban J connectivity index is 2.29. The fourth-order valence-electron chi connectivity index (χ4n) is 2.15. The molecule has 2 heterocycles. The Morgan fingerprint density at radius 1 is 1.33 bits per heavy atom. The van der Waals surface area contributed by atoms with Crippen molar-refractivity contribution in [1.29, 1.82) is 5.26 Å². The standard InChI is InChI=1S/C15H12N4O2/c1-15(2)18-14(19-13(20)4-3-7-17-19)11-8-10(9-16)5-6-12(11)21-15/h3-8H,1-2H3. The molecule has 0 aliphatic carbocycles. The highest BCUT2D eigenvalue weighted by Crippen LogP contribution is 2.30. The summed E-state index contributed by atoms with van der Waals surface area (Å²) in [5, 5.41) is 13.1. The number of nitriles is 1. The van der Waals surface area contributed by atoms with E-state index in [4.69, 9.17) is 10.00 Å². The van der Waals surface area contributed by atoms with Gasteiger partial charge in [-0.2, -0.15) is 15.0 Å². The van der Waals surface area contributed by atoms with E-state index in [1.54, 1.807) is 38.1 Å². The van der Waals surface area contributed by atoms with E-state index in [1.165, 1.54) is 16.9 Å². The number of hydrogen-bond donors (Lipinski definition) is 0. The van der Waals surface area contributed by atoms with Crippen LogP contribution in [0.15, 0.2) is 46.3 Å². The van der Waals surface area contributed by atoms with Gasteiger partial charge in [-0.05, 0) is 38.1 Å². The quantitative estimate of drug-likeness (QED) is 0.733. The molecule has 2 aromatic rings. The normalized spacial score (nSPS) is 15.4. The van der Waals surface area contributed by atoms with Gasteiger partial charge in [0.2, 0.25) is 0 Å². The first kappa shape index (κ1) is 13.1. The highest BCUT2D eigenvalue weighted by Gasteiger charge is 2.30. The van der Waals surface area contributed by atoms with E-state index >= 15 is 0 Å². The first-order chi connectivity index (χ1) is 10.00. The van der Waals surface area contributed by atoms with Crippen molar-refractivity contribution < 1.29 is 4.74 Å². The molecule has 0 amide bonds. The van der Waals surface area contributed by atoms with Crippen molar-refractivity contribution in [2.75, 3.05) is 0 Å². The fraction of sp³-hybridized carbons (Fsp3) is 0.200. The van der Waals surface area contributed by atoms with Crippen LogP contribution in [0.1, 0.15) is 25.0 Å². The number of fused-ring (bicyclic) bond motifs is 1. The first-order valence-corrected chi connectivity index (χ1v) is 6.38. The smallest absolute Gasteiger partial charge is 0.272 e. The van der Waals surface area contributed by atoms with Crippen LogP contribution in [0, 0.1) is 11.3 Å². The molecule has 0 saturated heterocycles. The van der Waals surface area contributed by atoms with E-state index < -0.39 is 5.72 Å². The Kier molecular flexibility index (Phi) is 2.84. The SMILES string of the molecule is CC1(C)N=C(n2ncccc2=O)c2cc(C#N)ccc2O1. The zero-order chi connectivity index (χ0) is 15.0. The highest BCUT2D eigenvalue weighted by molar-refractivity contribution is 6.03. The lowest BCUT2D eigenvalue weighted by Crippen LogP contribution is -2.38. The van der Waals surface area contributed by atoms with Gasteiger partial charge in [-0.1, -0.05) is 0 Å². The third-order valence-electron chi connectivity index (χ3n) is 3.00. The van der Waals surface area contributed by atoms with Gasteiger partial charge in [0.15, 0.2) is 11.6 Å². The molecule has 1 aromatic heterocycles. The average Bonchev–Trinajstić information content (AvgIpc) is 2.46. The second-order valence-electron chi connectivity index (χ2n) is 5.08. The molecule has 0 unspecified atom stereocenters. The highest BCUT2D eigenvalue weighted by atomic mass is 16.5. The maximum absolute atomic E-state index is 12.0. The molecule has 0 saturated carbocycles. The van der Waals surface area contributed by atoms with Crippen molar-refractivity contribution in [3.8, 4) is 11.8 Å². The van der Waals surface area contributed by atoms with Gasteiger partial charge < -0.3 is 4.74 Å².